The Labute approximate surface area is 176 Å². The van der Waals surface area contributed by atoms with Crippen molar-refractivity contribution in [2.24, 2.45) is 0 Å². The van der Waals surface area contributed by atoms with Crippen LogP contribution in [0.2, 0.25) is 0 Å². The van der Waals surface area contributed by atoms with E-state index in [4.69, 9.17) is 0 Å². The molecule has 3 rings (SSSR count). The van der Waals surface area contributed by atoms with Gasteiger partial charge in [0.15, 0.2) is 0 Å². The Hall–Kier alpha value is -2.60. The standard InChI is InChI=1S/C23H26N2O3S/c1-15-9-10-17(16(2)13-15)14-24(3)23(28)20(11-12-29-4)25-21(26)18-7-5-6-8-19(18)22(25)27/h5-10,13,20H,11-12,14H2,1-4H3/t20-/m1/s1. The van der Waals surface area contributed by atoms with E-state index in [1.54, 1.807) is 48.0 Å². The largest absolute Gasteiger partial charge is 0.340 e. The number of thioether (sulfide) groups is 1. The van der Waals surface area contributed by atoms with E-state index in [1.807, 2.05) is 32.2 Å². The van der Waals surface area contributed by atoms with E-state index in [0.29, 0.717) is 29.8 Å². The summed E-state index contributed by atoms with van der Waals surface area (Å²) >= 11 is 1.59. The maximum Gasteiger partial charge on any atom is 0.262 e. The molecule has 0 spiro atoms. The lowest BCUT2D eigenvalue weighted by molar-refractivity contribution is -0.134. The second kappa shape index (κ2) is 8.82. The number of nitrogens with zero attached hydrogens (tertiary/aromatic N) is 2. The number of rotatable bonds is 7. The molecule has 1 atom stereocenters. The van der Waals surface area contributed by atoms with Gasteiger partial charge in [-0.1, -0.05) is 35.9 Å². The highest BCUT2D eigenvalue weighted by molar-refractivity contribution is 7.98. The third-order valence-corrected chi connectivity index (χ3v) is 5.94. The highest BCUT2D eigenvalue weighted by atomic mass is 32.2. The SMILES string of the molecule is CSCC[C@H](C(=O)N(C)Cc1ccc(C)cc1C)N1C(=O)c2ccccc2C1=O. The Kier molecular flexibility index (Phi) is 6.42. The van der Waals surface area contributed by atoms with Crippen LogP contribution in [0, 0.1) is 13.8 Å². The van der Waals surface area contributed by atoms with Crippen LogP contribution in [0.4, 0.5) is 0 Å². The van der Waals surface area contributed by atoms with Crippen molar-refractivity contribution in [3.05, 3.63) is 70.3 Å². The lowest BCUT2D eigenvalue weighted by atomic mass is 10.0. The van der Waals surface area contributed by atoms with E-state index in [1.165, 1.54) is 5.56 Å². The summed E-state index contributed by atoms with van der Waals surface area (Å²) in [6.45, 7) is 4.49. The quantitative estimate of drug-likeness (QED) is 0.654. The van der Waals surface area contributed by atoms with Crippen LogP contribution in [-0.2, 0) is 11.3 Å². The molecule has 3 amide bonds. The fourth-order valence-electron chi connectivity index (χ4n) is 3.69. The molecule has 0 saturated carbocycles. The number of imide groups is 1. The monoisotopic (exact) mass is 410 g/mol. The molecular weight excluding hydrogens is 384 g/mol. The number of hydrogen-bond donors (Lipinski definition) is 0. The van der Waals surface area contributed by atoms with E-state index >= 15 is 0 Å². The van der Waals surface area contributed by atoms with Crippen LogP contribution < -0.4 is 0 Å². The van der Waals surface area contributed by atoms with Crippen LogP contribution in [-0.4, -0.2) is 52.6 Å². The molecule has 1 heterocycles. The molecule has 0 N–H and O–H groups in total. The maximum absolute atomic E-state index is 13.3. The summed E-state index contributed by atoms with van der Waals surface area (Å²) in [6, 6.07) is 12.1. The zero-order valence-corrected chi connectivity index (χ0v) is 18.1. The highest BCUT2D eigenvalue weighted by Gasteiger charge is 2.43. The minimum absolute atomic E-state index is 0.214. The molecule has 29 heavy (non-hydrogen) atoms. The molecule has 0 bridgehead atoms. The van der Waals surface area contributed by atoms with Gasteiger partial charge in [-0.15, -0.1) is 0 Å². The summed E-state index contributed by atoms with van der Waals surface area (Å²) in [5, 5.41) is 0. The lowest BCUT2D eigenvalue weighted by Gasteiger charge is -2.29. The topological polar surface area (TPSA) is 57.7 Å². The second-order valence-electron chi connectivity index (χ2n) is 7.45. The van der Waals surface area contributed by atoms with E-state index in [0.717, 1.165) is 16.0 Å². The van der Waals surface area contributed by atoms with Crippen molar-refractivity contribution in [3.63, 3.8) is 0 Å². The van der Waals surface area contributed by atoms with E-state index in [-0.39, 0.29) is 17.7 Å². The fourth-order valence-corrected chi connectivity index (χ4v) is 4.15. The van der Waals surface area contributed by atoms with Gasteiger partial charge in [0.1, 0.15) is 6.04 Å². The Morgan fingerprint density at radius 3 is 2.24 bits per heavy atom. The molecule has 0 saturated heterocycles. The van der Waals surface area contributed by atoms with E-state index in [9.17, 15) is 14.4 Å². The van der Waals surface area contributed by atoms with Gasteiger partial charge in [-0.2, -0.15) is 11.8 Å². The molecule has 1 aliphatic rings. The molecule has 5 nitrogen and oxygen atoms in total. The van der Waals surface area contributed by atoms with Crippen molar-refractivity contribution in [2.45, 2.75) is 32.9 Å². The van der Waals surface area contributed by atoms with Crippen molar-refractivity contribution >= 4 is 29.5 Å². The van der Waals surface area contributed by atoms with Crippen LogP contribution >= 0.6 is 11.8 Å². The van der Waals surface area contributed by atoms with Crippen LogP contribution in [0.3, 0.4) is 0 Å². The predicted octanol–water partition coefficient (Wildman–Crippen LogP) is 3.68. The van der Waals surface area contributed by atoms with Gasteiger partial charge in [0.05, 0.1) is 11.1 Å². The van der Waals surface area contributed by atoms with Gasteiger partial charge in [-0.05, 0) is 55.5 Å². The number of hydrogen-bond acceptors (Lipinski definition) is 4. The van der Waals surface area contributed by atoms with Crippen LogP contribution in [0.5, 0.6) is 0 Å². The summed E-state index contributed by atoms with van der Waals surface area (Å²) < 4.78 is 0. The van der Waals surface area contributed by atoms with Gasteiger partial charge < -0.3 is 4.90 Å². The zero-order chi connectivity index (χ0) is 21.1. The Morgan fingerprint density at radius 1 is 1.07 bits per heavy atom. The first-order chi connectivity index (χ1) is 13.8. The first kappa shape index (κ1) is 21.1. The summed E-state index contributed by atoms with van der Waals surface area (Å²) in [6.07, 6.45) is 2.38. The van der Waals surface area contributed by atoms with Crippen LogP contribution in [0.15, 0.2) is 42.5 Å². The van der Waals surface area contributed by atoms with Gasteiger partial charge in [0.2, 0.25) is 5.91 Å². The third-order valence-electron chi connectivity index (χ3n) is 5.30. The van der Waals surface area contributed by atoms with E-state index in [2.05, 4.69) is 6.07 Å². The molecule has 2 aromatic rings. The molecular formula is C23H26N2O3S. The van der Waals surface area contributed by atoms with Crippen molar-refractivity contribution in [2.75, 3.05) is 19.1 Å². The first-order valence-corrected chi connectivity index (χ1v) is 11.0. The van der Waals surface area contributed by atoms with Gasteiger partial charge in [-0.25, -0.2) is 0 Å². The number of fused-ring (bicyclic) bond motifs is 1. The fraction of sp³-hybridized carbons (Fsp3) is 0.348. The average molecular weight is 411 g/mol. The first-order valence-electron chi connectivity index (χ1n) is 9.62. The van der Waals surface area contributed by atoms with Gasteiger partial charge in [0.25, 0.3) is 11.8 Å². The van der Waals surface area contributed by atoms with E-state index < -0.39 is 6.04 Å². The molecule has 2 aromatic carbocycles. The zero-order valence-electron chi connectivity index (χ0n) is 17.3. The molecule has 0 unspecified atom stereocenters. The number of carbonyl (C=O) groups excluding carboxylic acids is 3. The van der Waals surface area contributed by atoms with Crippen molar-refractivity contribution < 1.29 is 14.4 Å². The summed E-state index contributed by atoms with van der Waals surface area (Å²) in [7, 11) is 1.73. The van der Waals surface area contributed by atoms with Crippen molar-refractivity contribution in [3.8, 4) is 0 Å². The Bertz CT molecular complexity index is 922. The smallest absolute Gasteiger partial charge is 0.262 e. The highest BCUT2D eigenvalue weighted by Crippen LogP contribution is 2.27. The Morgan fingerprint density at radius 2 is 1.69 bits per heavy atom. The molecule has 0 aliphatic carbocycles. The molecule has 0 radical (unpaired) electrons. The number of likely N-dealkylation sites (N-methyl/N-ethyl adjacent to an activating group) is 1. The minimum Gasteiger partial charge on any atom is -0.340 e. The number of benzene rings is 2. The van der Waals surface area contributed by atoms with Gasteiger partial charge in [-0.3, -0.25) is 19.3 Å². The van der Waals surface area contributed by atoms with Gasteiger partial charge in [0, 0.05) is 13.6 Å². The summed E-state index contributed by atoms with van der Waals surface area (Å²) in [5.41, 5.74) is 4.08. The van der Waals surface area contributed by atoms with Crippen molar-refractivity contribution in [1.29, 1.82) is 0 Å². The summed E-state index contributed by atoms with van der Waals surface area (Å²) in [4.78, 5) is 41.9. The third kappa shape index (κ3) is 4.22. The molecule has 6 heteroatoms. The minimum atomic E-state index is -0.800. The molecule has 0 fully saturated rings. The van der Waals surface area contributed by atoms with Crippen molar-refractivity contribution in [1.82, 2.24) is 9.80 Å². The molecule has 0 aromatic heterocycles. The lowest BCUT2D eigenvalue weighted by Crippen LogP contribution is -2.50. The van der Waals surface area contributed by atoms with Crippen LogP contribution in [0.25, 0.3) is 0 Å². The number of aryl methyl sites for hydroxylation is 2. The summed E-state index contributed by atoms with van der Waals surface area (Å²) in [5.74, 6) is -0.301. The maximum atomic E-state index is 13.3. The molecule has 152 valence electrons. The normalized spacial score (nSPS) is 14.1. The van der Waals surface area contributed by atoms with Gasteiger partial charge >= 0.3 is 0 Å². The number of carbonyl (C=O) groups is 3. The second-order valence-corrected chi connectivity index (χ2v) is 8.43. The number of amides is 3. The Balaban J connectivity index is 1.85. The van der Waals surface area contributed by atoms with Crippen LogP contribution in [0.1, 0.15) is 43.8 Å². The molecule has 1 aliphatic heterocycles. The predicted molar refractivity (Wildman–Crippen MR) is 116 cm³/mol. The average Bonchev–Trinajstić information content (AvgIpc) is 2.95.